The molecular formula is C17H32IN7O2S. The van der Waals surface area contributed by atoms with E-state index < -0.39 is 10.0 Å². The van der Waals surface area contributed by atoms with Gasteiger partial charge in [-0.25, -0.2) is 22.7 Å². The van der Waals surface area contributed by atoms with E-state index in [4.69, 9.17) is 0 Å². The molecule has 1 saturated heterocycles. The molecule has 0 saturated carbocycles. The van der Waals surface area contributed by atoms with Gasteiger partial charge < -0.3 is 15.1 Å². The van der Waals surface area contributed by atoms with Crippen molar-refractivity contribution in [1.82, 2.24) is 24.5 Å². The number of hydrogen-bond acceptors (Lipinski definition) is 6. The highest BCUT2D eigenvalue weighted by Gasteiger charge is 2.21. The number of hydrogen-bond donors (Lipinski definition) is 1. The number of nitrogens with one attached hydrogen (secondary N) is 1. The van der Waals surface area contributed by atoms with Gasteiger partial charge in [0.1, 0.15) is 0 Å². The second-order valence-electron chi connectivity index (χ2n) is 6.37. The molecule has 0 spiro atoms. The van der Waals surface area contributed by atoms with Crippen LogP contribution in [0.15, 0.2) is 23.5 Å². The molecule has 0 atom stereocenters. The minimum Gasteiger partial charge on any atom is -0.357 e. The van der Waals surface area contributed by atoms with Crippen molar-refractivity contribution in [3.05, 3.63) is 18.5 Å². The normalized spacial score (nSPS) is 15.5. The fourth-order valence-electron chi connectivity index (χ4n) is 2.99. The zero-order valence-corrected chi connectivity index (χ0v) is 20.1. The summed E-state index contributed by atoms with van der Waals surface area (Å²) in [6.07, 6.45) is 5.47. The zero-order chi connectivity index (χ0) is 19.7. The maximum absolute atomic E-state index is 11.6. The molecule has 9 nitrogen and oxygen atoms in total. The molecule has 160 valence electrons. The fraction of sp³-hybridized carbons (Fsp3) is 0.706. The monoisotopic (exact) mass is 525 g/mol. The Balaban J connectivity index is 0.00000392. The summed E-state index contributed by atoms with van der Waals surface area (Å²) in [7, 11) is -3.14. The number of sulfonamides is 1. The number of halogens is 1. The molecule has 1 aliphatic heterocycles. The van der Waals surface area contributed by atoms with Gasteiger partial charge in [0.05, 0.1) is 6.26 Å². The highest BCUT2D eigenvalue weighted by molar-refractivity contribution is 14.0. The third-order valence-electron chi connectivity index (χ3n) is 4.40. The van der Waals surface area contributed by atoms with Crippen molar-refractivity contribution in [1.29, 1.82) is 0 Å². The van der Waals surface area contributed by atoms with E-state index in [0.29, 0.717) is 26.1 Å². The number of anilines is 1. The van der Waals surface area contributed by atoms with Crippen molar-refractivity contribution in [3.63, 3.8) is 0 Å². The minimum absolute atomic E-state index is 0. The number of guanidine groups is 1. The van der Waals surface area contributed by atoms with Crippen molar-refractivity contribution in [2.45, 2.75) is 20.3 Å². The fourth-order valence-corrected chi connectivity index (χ4v) is 3.92. The molecular weight excluding hydrogens is 493 g/mol. The maximum atomic E-state index is 11.6. The van der Waals surface area contributed by atoms with Crippen molar-refractivity contribution in [2.75, 3.05) is 63.5 Å². The van der Waals surface area contributed by atoms with Gasteiger partial charge >= 0.3 is 0 Å². The topological polar surface area (TPSA) is 94.0 Å². The van der Waals surface area contributed by atoms with E-state index in [1.54, 1.807) is 12.4 Å². The van der Waals surface area contributed by atoms with E-state index in [0.717, 1.165) is 44.6 Å². The van der Waals surface area contributed by atoms with Gasteiger partial charge in [-0.05, 0) is 19.4 Å². The maximum Gasteiger partial charge on any atom is 0.225 e. The van der Waals surface area contributed by atoms with Crippen LogP contribution in [-0.4, -0.2) is 92.2 Å². The summed E-state index contributed by atoms with van der Waals surface area (Å²) >= 11 is 0. The molecule has 1 fully saturated rings. The number of rotatable bonds is 8. The Morgan fingerprint density at radius 3 is 2.39 bits per heavy atom. The standard InChI is InChI=1S/C17H31N7O2S.HI/c1-4-18-16(21-10-7-11-24(5-2)27(3,25)26)22-12-14-23(15-13-22)17-19-8-6-9-20-17;/h6,8-9H,4-5,7,10-15H2,1-3H3,(H,18,21);1H. The lowest BCUT2D eigenvalue weighted by atomic mass is 10.3. The molecule has 0 aliphatic carbocycles. The highest BCUT2D eigenvalue weighted by atomic mass is 127. The van der Waals surface area contributed by atoms with Crippen LogP contribution in [0.4, 0.5) is 5.95 Å². The average Bonchev–Trinajstić information content (AvgIpc) is 2.67. The van der Waals surface area contributed by atoms with Gasteiger partial charge in [-0.2, -0.15) is 0 Å². The molecule has 28 heavy (non-hydrogen) atoms. The molecule has 1 aromatic heterocycles. The molecule has 0 aromatic carbocycles. The van der Waals surface area contributed by atoms with E-state index in [9.17, 15) is 8.42 Å². The predicted octanol–water partition coefficient (Wildman–Crippen LogP) is 0.854. The number of aliphatic imine (C=N–C) groups is 1. The molecule has 1 aliphatic rings. The smallest absolute Gasteiger partial charge is 0.225 e. The SMILES string of the molecule is CCNC(=NCCCN(CC)S(C)(=O)=O)N1CCN(c2ncccn2)CC1.I. The lowest BCUT2D eigenvalue weighted by Crippen LogP contribution is -2.53. The largest absolute Gasteiger partial charge is 0.357 e. The first-order chi connectivity index (χ1) is 13.0. The van der Waals surface area contributed by atoms with Crippen LogP contribution in [0.5, 0.6) is 0 Å². The summed E-state index contributed by atoms with van der Waals surface area (Å²) in [5, 5.41) is 3.33. The second-order valence-corrected chi connectivity index (χ2v) is 8.35. The quantitative estimate of drug-likeness (QED) is 0.233. The molecule has 0 amide bonds. The Hall–Kier alpha value is -1.21. The molecule has 0 unspecified atom stereocenters. The zero-order valence-electron chi connectivity index (χ0n) is 16.9. The first-order valence-electron chi connectivity index (χ1n) is 9.46. The van der Waals surface area contributed by atoms with Crippen LogP contribution in [0.1, 0.15) is 20.3 Å². The van der Waals surface area contributed by atoms with Crippen LogP contribution >= 0.6 is 24.0 Å². The Kier molecular flexibility index (Phi) is 11.0. The van der Waals surface area contributed by atoms with Gasteiger partial charge in [-0.3, -0.25) is 4.99 Å². The lowest BCUT2D eigenvalue weighted by molar-refractivity contribution is 0.369. The van der Waals surface area contributed by atoms with Crippen molar-refractivity contribution < 1.29 is 8.42 Å². The third kappa shape index (κ3) is 7.66. The lowest BCUT2D eigenvalue weighted by Gasteiger charge is -2.36. The molecule has 0 bridgehead atoms. The Morgan fingerprint density at radius 2 is 1.86 bits per heavy atom. The van der Waals surface area contributed by atoms with E-state index in [1.807, 2.05) is 19.9 Å². The van der Waals surface area contributed by atoms with Crippen molar-refractivity contribution in [2.24, 2.45) is 4.99 Å². The van der Waals surface area contributed by atoms with Crippen LogP contribution < -0.4 is 10.2 Å². The molecule has 1 aromatic rings. The Morgan fingerprint density at radius 1 is 1.21 bits per heavy atom. The van der Waals surface area contributed by atoms with Crippen molar-refractivity contribution in [3.8, 4) is 0 Å². The van der Waals surface area contributed by atoms with Gasteiger partial charge in [-0.1, -0.05) is 6.92 Å². The summed E-state index contributed by atoms with van der Waals surface area (Å²) in [4.78, 5) is 17.7. The van der Waals surface area contributed by atoms with Gasteiger partial charge in [-0.15, -0.1) is 24.0 Å². The van der Waals surface area contributed by atoms with Gasteiger partial charge in [0.15, 0.2) is 5.96 Å². The summed E-state index contributed by atoms with van der Waals surface area (Å²) in [5.41, 5.74) is 0. The van der Waals surface area contributed by atoms with Crippen LogP contribution in [0, 0.1) is 0 Å². The van der Waals surface area contributed by atoms with Crippen molar-refractivity contribution >= 4 is 45.9 Å². The van der Waals surface area contributed by atoms with E-state index in [2.05, 4.69) is 30.1 Å². The van der Waals surface area contributed by atoms with Gasteiger partial charge in [0.25, 0.3) is 0 Å². The average molecular weight is 525 g/mol. The van der Waals surface area contributed by atoms with E-state index in [1.165, 1.54) is 10.6 Å². The van der Waals surface area contributed by atoms with Crippen LogP contribution in [0.2, 0.25) is 0 Å². The van der Waals surface area contributed by atoms with Crippen LogP contribution in [0.3, 0.4) is 0 Å². The van der Waals surface area contributed by atoms with E-state index >= 15 is 0 Å². The first kappa shape index (κ1) is 24.8. The number of piperazine rings is 1. The summed E-state index contributed by atoms with van der Waals surface area (Å²) in [5.74, 6) is 1.65. The molecule has 2 heterocycles. The summed E-state index contributed by atoms with van der Waals surface area (Å²) < 4.78 is 24.8. The third-order valence-corrected chi connectivity index (χ3v) is 5.78. The molecule has 1 N–H and O–H groups in total. The molecule has 0 radical (unpaired) electrons. The van der Waals surface area contributed by atoms with Crippen LogP contribution in [-0.2, 0) is 10.0 Å². The number of aromatic nitrogens is 2. The van der Waals surface area contributed by atoms with Crippen LogP contribution in [0.25, 0.3) is 0 Å². The van der Waals surface area contributed by atoms with Gasteiger partial charge in [0, 0.05) is 64.8 Å². The molecule has 11 heteroatoms. The minimum atomic E-state index is -3.14. The van der Waals surface area contributed by atoms with Gasteiger partial charge in [0.2, 0.25) is 16.0 Å². The molecule has 2 rings (SSSR count). The second kappa shape index (κ2) is 12.4. The Labute approximate surface area is 185 Å². The first-order valence-corrected chi connectivity index (χ1v) is 11.3. The Bertz CT molecular complexity index is 695. The summed E-state index contributed by atoms with van der Waals surface area (Å²) in [6.45, 7) is 9.64. The van der Waals surface area contributed by atoms with E-state index in [-0.39, 0.29) is 24.0 Å². The highest BCUT2D eigenvalue weighted by Crippen LogP contribution is 2.10. The predicted molar refractivity (Wildman–Crippen MR) is 124 cm³/mol. The summed E-state index contributed by atoms with van der Waals surface area (Å²) in [6, 6.07) is 1.82. The number of nitrogens with zero attached hydrogens (tertiary/aromatic N) is 6.